The molecule has 0 bridgehead atoms. The zero-order chi connectivity index (χ0) is 14.6. The molecule has 4 heteroatoms. The Balaban J connectivity index is 1.81. The molecule has 0 aromatic heterocycles. The summed E-state index contributed by atoms with van der Waals surface area (Å²) < 4.78 is 5.56. The van der Waals surface area contributed by atoms with E-state index in [4.69, 9.17) is 17.0 Å². The minimum absolute atomic E-state index is 0.178. The Bertz CT molecular complexity index is 445. The quantitative estimate of drug-likeness (QED) is 0.836. The summed E-state index contributed by atoms with van der Waals surface area (Å²) in [5, 5.41) is 7.08. The maximum atomic E-state index is 5.56. The SMILES string of the molecule is CC(C)(C)c1ccc(NC(=S)NC[C@@H]2CCCO2)cc1. The van der Waals surface area contributed by atoms with E-state index in [1.54, 1.807) is 0 Å². The number of benzene rings is 1. The molecular formula is C16H24N2OS. The number of anilines is 1. The molecule has 3 nitrogen and oxygen atoms in total. The number of thiocarbonyl (C=S) groups is 1. The van der Waals surface area contributed by atoms with Crippen LogP contribution in [0.3, 0.4) is 0 Å². The lowest BCUT2D eigenvalue weighted by Gasteiger charge is -2.19. The molecule has 1 aromatic rings. The van der Waals surface area contributed by atoms with E-state index in [-0.39, 0.29) is 5.41 Å². The molecule has 2 rings (SSSR count). The van der Waals surface area contributed by atoms with Crippen LogP contribution >= 0.6 is 12.2 Å². The van der Waals surface area contributed by atoms with Crippen LogP contribution < -0.4 is 10.6 Å². The second-order valence-electron chi connectivity index (χ2n) is 6.30. The smallest absolute Gasteiger partial charge is 0.170 e. The number of hydrogen-bond acceptors (Lipinski definition) is 2. The van der Waals surface area contributed by atoms with E-state index >= 15 is 0 Å². The van der Waals surface area contributed by atoms with Crippen molar-refractivity contribution in [1.29, 1.82) is 0 Å². The zero-order valence-corrected chi connectivity index (χ0v) is 13.3. The molecule has 2 N–H and O–H groups in total. The molecule has 0 spiro atoms. The molecule has 0 radical (unpaired) electrons. The fourth-order valence-corrected chi connectivity index (χ4v) is 2.44. The van der Waals surface area contributed by atoms with Crippen LogP contribution in [0.5, 0.6) is 0 Å². The van der Waals surface area contributed by atoms with E-state index < -0.39 is 0 Å². The summed E-state index contributed by atoms with van der Waals surface area (Å²) in [6.07, 6.45) is 2.58. The van der Waals surface area contributed by atoms with Gasteiger partial charge in [-0.15, -0.1) is 0 Å². The Morgan fingerprint density at radius 2 is 2.00 bits per heavy atom. The fraction of sp³-hybridized carbons (Fsp3) is 0.562. The molecule has 1 heterocycles. The van der Waals surface area contributed by atoms with Crippen molar-refractivity contribution in [3.05, 3.63) is 29.8 Å². The molecule has 0 saturated carbocycles. The molecular weight excluding hydrogens is 268 g/mol. The van der Waals surface area contributed by atoms with Crippen molar-refractivity contribution in [3.63, 3.8) is 0 Å². The third-order valence-corrected chi connectivity index (χ3v) is 3.77. The van der Waals surface area contributed by atoms with Crippen LogP contribution in [0.4, 0.5) is 5.69 Å². The van der Waals surface area contributed by atoms with Gasteiger partial charge in [-0.25, -0.2) is 0 Å². The van der Waals surface area contributed by atoms with Gasteiger partial charge in [-0.1, -0.05) is 32.9 Å². The minimum Gasteiger partial charge on any atom is -0.376 e. The maximum absolute atomic E-state index is 5.56. The zero-order valence-electron chi connectivity index (χ0n) is 12.5. The molecule has 1 aliphatic heterocycles. The molecule has 1 aromatic carbocycles. The standard InChI is InChI=1S/C16H24N2OS/c1-16(2,3)12-6-8-13(9-7-12)18-15(20)17-11-14-5-4-10-19-14/h6-9,14H,4-5,10-11H2,1-3H3,(H2,17,18,20)/t14-/m0/s1. The number of rotatable bonds is 3. The summed E-state index contributed by atoms with van der Waals surface area (Å²) in [7, 11) is 0. The van der Waals surface area contributed by atoms with Crippen molar-refractivity contribution >= 4 is 23.0 Å². The third-order valence-electron chi connectivity index (χ3n) is 3.52. The number of hydrogen-bond donors (Lipinski definition) is 2. The number of nitrogens with one attached hydrogen (secondary N) is 2. The fourth-order valence-electron chi connectivity index (χ4n) is 2.24. The van der Waals surface area contributed by atoms with E-state index in [2.05, 4.69) is 55.7 Å². The van der Waals surface area contributed by atoms with E-state index in [0.29, 0.717) is 11.2 Å². The minimum atomic E-state index is 0.178. The van der Waals surface area contributed by atoms with Gasteiger partial charge in [0.25, 0.3) is 0 Å². The van der Waals surface area contributed by atoms with Crippen LogP contribution in [-0.4, -0.2) is 24.4 Å². The Labute approximate surface area is 127 Å². The highest BCUT2D eigenvalue weighted by Gasteiger charge is 2.15. The summed E-state index contributed by atoms with van der Waals surface area (Å²) in [6, 6.07) is 8.43. The Morgan fingerprint density at radius 1 is 1.30 bits per heavy atom. The Morgan fingerprint density at radius 3 is 2.55 bits per heavy atom. The molecule has 1 saturated heterocycles. The van der Waals surface area contributed by atoms with Gasteiger partial charge in [0.05, 0.1) is 6.10 Å². The molecule has 0 unspecified atom stereocenters. The molecule has 1 fully saturated rings. The maximum Gasteiger partial charge on any atom is 0.170 e. The van der Waals surface area contributed by atoms with Gasteiger partial charge >= 0.3 is 0 Å². The van der Waals surface area contributed by atoms with E-state index in [1.807, 2.05) is 0 Å². The van der Waals surface area contributed by atoms with E-state index in [0.717, 1.165) is 31.7 Å². The highest BCUT2D eigenvalue weighted by atomic mass is 32.1. The first-order valence-electron chi connectivity index (χ1n) is 7.22. The van der Waals surface area contributed by atoms with Crippen LogP contribution in [0.25, 0.3) is 0 Å². The van der Waals surface area contributed by atoms with E-state index in [1.165, 1.54) is 5.56 Å². The molecule has 110 valence electrons. The van der Waals surface area contributed by atoms with Gasteiger partial charge in [-0.05, 0) is 48.2 Å². The molecule has 0 aliphatic carbocycles. The summed E-state index contributed by atoms with van der Waals surface area (Å²) in [5.41, 5.74) is 2.51. The van der Waals surface area contributed by atoms with Crippen LogP contribution in [0.15, 0.2) is 24.3 Å². The van der Waals surface area contributed by atoms with Crippen LogP contribution in [-0.2, 0) is 10.2 Å². The average Bonchev–Trinajstić information content (AvgIpc) is 2.89. The highest BCUT2D eigenvalue weighted by Crippen LogP contribution is 2.23. The van der Waals surface area contributed by atoms with Gasteiger partial charge in [0.2, 0.25) is 0 Å². The topological polar surface area (TPSA) is 33.3 Å². The lowest BCUT2D eigenvalue weighted by molar-refractivity contribution is 0.114. The second-order valence-corrected chi connectivity index (χ2v) is 6.71. The molecule has 1 aliphatic rings. The Hall–Kier alpha value is -1.13. The summed E-state index contributed by atoms with van der Waals surface area (Å²) in [5.74, 6) is 0. The van der Waals surface area contributed by atoms with Gasteiger partial charge in [-0.2, -0.15) is 0 Å². The monoisotopic (exact) mass is 292 g/mol. The van der Waals surface area contributed by atoms with Crippen molar-refractivity contribution in [2.24, 2.45) is 0 Å². The van der Waals surface area contributed by atoms with Gasteiger partial charge in [0.15, 0.2) is 5.11 Å². The second kappa shape index (κ2) is 6.55. The Kier molecular flexibility index (Phi) is 5.00. The normalized spacial score (nSPS) is 18.9. The van der Waals surface area contributed by atoms with Crippen LogP contribution in [0.1, 0.15) is 39.2 Å². The van der Waals surface area contributed by atoms with Crippen molar-refractivity contribution in [2.75, 3.05) is 18.5 Å². The predicted octanol–water partition coefficient (Wildman–Crippen LogP) is 3.45. The van der Waals surface area contributed by atoms with Crippen LogP contribution in [0, 0.1) is 0 Å². The first-order chi connectivity index (χ1) is 9.45. The third kappa shape index (κ3) is 4.46. The van der Waals surface area contributed by atoms with Crippen LogP contribution in [0.2, 0.25) is 0 Å². The van der Waals surface area contributed by atoms with Crippen molar-refractivity contribution in [3.8, 4) is 0 Å². The van der Waals surface area contributed by atoms with Gasteiger partial charge in [0.1, 0.15) is 0 Å². The summed E-state index contributed by atoms with van der Waals surface area (Å²) in [4.78, 5) is 0. The van der Waals surface area contributed by atoms with Crippen molar-refractivity contribution in [2.45, 2.75) is 45.1 Å². The summed E-state index contributed by atoms with van der Waals surface area (Å²) in [6.45, 7) is 8.29. The lowest BCUT2D eigenvalue weighted by Crippen LogP contribution is -2.34. The summed E-state index contributed by atoms with van der Waals surface area (Å²) >= 11 is 5.30. The predicted molar refractivity (Wildman–Crippen MR) is 88.3 cm³/mol. The molecule has 0 amide bonds. The van der Waals surface area contributed by atoms with Crippen molar-refractivity contribution in [1.82, 2.24) is 5.32 Å². The largest absolute Gasteiger partial charge is 0.376 e. The first-order valence-corrected chi connectivity index (χ1v) is 7.63. The number of ether oxygens (including phenoxy) is 1. The highest BCUT2D eigenvalue weighted by molar-refractivity contribution is 7.80. The average molecular weight is 292 g/mol. The molecule has 20 heavy (non-hydrogen) atoms. The molecule has 1 atom stereocenters. The lowest BCUT2D eigenvalue weighted by atomic mass is 9.87. The van der Waals surface area contributed by atoms with Crippen molar-refractivity contribution < 1.29 is 4.74 Å². The van der Waals surface area contributed by atoms with Gasteiger partial charge in [0, 0.05) is 18.8 Å². The first kappa shape index (κ1) is 15.3. The van der Waals surface area contributed by atoms with Gasteiger partial charge < -0.3 is 15.4 Å². The van der Waals surface area contributed by atoms with Gasteiger partial charge in [-0.3, -0.25) is 0 Å². The van der Waals surface area contributed by atoms with E-state index in [9.17, 15) is 0 Å².